The number of carbonyl (C=O) groups is 1. The molecular weight excluding hydrogens is 218 g/mol. The zero-order chi connectivity index (χ0) is 12.5. The first-order valence-electron chi connectivity index (χ1n) is 6.86. The molecule has 1 aliphatic heterocycles. The quantitative estimate of drug-likeness (QED) is 0.506. The first-order valence-corrected chi connectivity index (χ1v) is 6.86. The van der Waals surface area contributed by atoms with Gasteiger partial charge in [-0.05, 0) is 32.6 Å². The highest BCUT2D eigenvalue weighted by Crippen LogP contribution is 2.11. The first-order chi connectivity index (χ1) is 8.22. The summed E-state index contributed by atoms with van der Waals surface area (Å²) < 4.78 is 5.19. The monoisotopic (exact) mass is 243 g/mol. The third-order valence-electron chi connectivity index (χ3n) is 3.03. The molecule has 0 aromatic rings. The standard InChI is InChI=1S/C13H25NO3/c1-3-4-5-6-9-12(2)16-13(15)17-14-10-7-8-11-14/h12H,3-11H2,1-2H3. The molecule has 1 unspecified atom stereocenters. The fourth-order valence-corrected chi connectivity index (χ4v) is 1.99. The zero-order valence-electron chi connectivity index (χ0n) is 11.1. The van der Waals surface area contributed by atoms with E-state index in [4.69, 9.17) is 9.57 Å². The maximum Gasteiger partial charge on any atom is 0.528 e. The summed E-state index contributed by atoms with van der Waals surface area (Å²) >= 11 is 0. The molecule has 0 radical (unpaired) electrons. The number of ether oxygens (including phenoxy) is 1. The van der Waals surface area contributed by atoms with Crippen LogP contribution in [0.2, 0.25) is 0 Å². The molecule has 1 heterocycles. The largest absolute Gasteiger partial charge is 0.528 e. The number of hydrogen-bond donors (Lipinski definition) is 0. The van der Waals surface area contributed by atoms with Crippen LogP contribution in [0.1, 0.15) is 58.8 Å². The van der Waals surface area contributed by atoms with Gasteiger partial charge in [-0.25, -0.2) is 4.79 Å². The Hall–Kier alpha value is -0.770. The lowest BCUT2D eigenvalue weighted by Crippen LogP contribution is -2.26. The van der Waals surface area contributed by atoms with E-state index in [2.05, 4.69) is 6.92 Å². The number of rotatable bonds is 7. The minimum Gasteiger partial charge on any atom is -0.430 e. The summed E-state index contributed by atoms with van der Waals surface area (Å²) in [7, 11) is 0. The van der Waals surface area contributed by atoms with Crippen molar-refractivity contribution in [2.24, 2.45) is 0 Å². The number of unbranched alkanes of at least 4 members (excludes halogenated alkanes) is 3. The summed E-state index contributed by atoms with van der Waals surface area (Å²) in [6.45, 7) is 5.78. The van der Waals surface area contributed by atoms with Gasteiger partial charge in [-0.15, -0.1) is 5.06 Å². The maximum absolute atomic E-state index is 11.4. The molecule has 0 spiro atoms. The van der Waals surface area contributed by atoms with Crippen LogP contribution in [0, 0.1) is 0 Å². The van der Waals surface area contributed by atoms with Gasteiger partial charge >= 0.3 is 6.16 Å². The lowest BCUT2D eigenvalue weighted by Gasteiger charge is -2.17. The van der Waals surface area contributed by atoms with Crippen LogP contribution in [-0.4, -0.2) is 30.4 Å². The van der Waals surface area contributed by atoms with Gasteiger partial charge in [0.25, 0.3) is 0 Å². The average molecular weight is 243 g/mol. The minimum absolute atomic E-state index is 0.0399. The van der Waals surface area contributed by atoms with Gasteiger partial charge in [0.1, 0.15) is 6.10 Å². The van der Waals surface area contributed by atoms with Crippen molar-refractivity contribution < 1.29 is 14.4 Å². The molecule has 1 rings (SSSR count). The van der Waals surface area contributed by atoms with Gasteiger partial charge in [-0.1, -0.05) is 26.2 Å². The highest BCUT2D eigenvalue weighted by Gasteiger charge is 2.18. The van der Waals surface area contributed by atoms with Crippen LogP contribution >= 0.6 is 0 Å². The molecule has 4 nitrogen and oxygen atoms in total. The van der Waals surface area contributed by atoms with Gasteiger partial charge in [0.05, 0.1) is 0 Å². The van der Waals surface area contributed by atoms with Gasteiger partial charge in [-0.3, -0.25) is 0 Å². The second-order valence-corrected chi connectivity index (χ2v) is 4.76. The molecule has 17 heavy (non-hydrogen) atoms. The predicted octanol–water partition coefficient (Wildman–Crippen LogP) is 3.51. The highest BCUT2D eigenvalue weighted by molar-refractivity contribution is 5.59. The Balaban J connectivity index is 2.03. The fourth-order valence-electron chi connectivity index (χ4n) is 1.99. The van der Waals surface area contributed by atoms with Crippen LogP contribution in [0.3, 0.4) is 0 Å². The van der Waals surface area contributed by atoms with E-state index in [0.29, 0.717) is 0 Å². The van der Waals surface area contributed by atoms with E-state index in [9.17, 15) is 4.79 Å². The van der Waals surface area contributed by atoms with Crippen LogP contribution in [-0.2, 0) is 9.57 Å². The van der Waals surface area contributed by atoms with Crippen LogP contribution in [0.25, 0.3) is 0 Å². The molecule has 100 valence electrons. The van der Waals surface area contributed by atoms with Crippen molar-refractivity contribution in [2.45, 2.75) is 64.9 Å². The number of hydrogen-bond acceptors (Lipinski definition) is 4. The third kappa shape index (κ3) is 6.51. The third-order valence-corrected chi connectivity index (χ3v) is 3.03. The van der Waals surface area contributed by atoms with E-state index in [1.165, 1.54) is 19.3 Å². The Kier molecular flexibility index (Phi) is 7.01. The Bertz CT molecular complexity index is 215. The Morgan fingerprint density at radius 2 is 1.94 bits per heavy atom. The van der Waals surface area contributed by atoms with Crippen LogP contribution < -0.4 is 0 Å². The molecule has 1 atom stereocenters. The Labute approximate surface area is 104 Å². The topological polar surface area (TPSA) is 38.8 Å². The second kappa shape index (κ2) is 8.34. The van der Waals surface area contributed by atoms with Gasteiger partial charge < -0.3 is 9.57 Å². The zero-order valence-corrected chi connectivity index (χ0v) is 11.1. The van der Waals surface area contributed by atoms with E-state index in [-0.39, 0.29) is 6.10 Å². The maximum atomic E-state index is 11.4. The van der Waals surface area contributed by atoms with Crippen LogP contribution in [0.5, 0.6) is 0 Å². The summed E-state index contributed by atoms with van der Waals surface area (Å²) in [6.07, 6.45) is 7.35. The molecule has 0 N–H and O–H groups in total. The lowest BCUT2D eigenvalue weighted by molar-refractivity contribution is -0.120. The number of nitrogens with zero attached hydrogens (tertiary/aromatic N) is 1. The Morgan fingerprint density at radius 3 is 2.59 bits per heavy atom. The molecule has 0 saturated carbocycles. The molecule has 0 aromatic heterocycles. The average Bonchev–Trinajstić information content (AvgIpc) is 2.77. The van der Waals surface area contributed by atoms with Crippen molar-refractivity contribution in [1.29, 1.82) is 0 Å². The van der Waals surface area contributed by atoms with Gasteiger partial charge in [0.2, 0.25) is 0 Å². The molecule has 1 aliphatic rings. The minimum atomic E-state index is -0.546. The fraction of sp³-hybridized carbons (Fsp3) is 0.923. The van der Waals surface area contributed by atoms with Crippen molar-refractivity contribution in [2.75, 3.05) is 13.1 Å². The van der Waals surface area contributed by atoms with E-state index in [1.807, 2.05) is 6.92 Å². The van der Waals surface area contributed by atoms with Gasteiger partial charge in [-0.2, -0.15) is 0 Å². The van der Waals surface area contributed by atoms with Crippen molar-refractivity contribution in [3.8, 4) is 0 Å². The van der Waals surface area contributed by atoms with E-state index >= 15 is 0 Å². The molecule has 0 bridgehead atoms. The first kappa shape index (κ1) is 14.3. The SMILES string of the molecule is CCCCCCC(C)OC(=O)ON1CCCC1. The number of carbonyl (C=O) groups excluding carboxylic acids is 1. The lowest BCUT2D eigenvalue weighted by atomic mass is 10.1. The Morgan fingerprint density at radius 1 is 1.24 bits per heavy atom. The predicted molar refractivity (Wildman–Crippen MR) is 66.6 cm³/mol. The summed E-state index contributed by atoms with van der Waals surface area (Å²) in [4.78, 5) is 16.5. The van der Waals surface area contributed by atoms with Crippen molar-refractivity contribution in [3.05, 3.63) is 0 Å². The van der Waals surface area contributed by atoms with Gasteiger partial charge in [0, 0.05) is 13.1 Å². The molecule has 1 saturated heterocycles. The summed E-state index contributed by atoms with van der Waals surface area (Å²) in [6, 6.07) is 0. The molecule has 0 aromatic carbocycles. The summed E-state index contributed by atoms with van der Waals surface area (Å²) in [5.74, 6) is 0. The summed E-state index contributed by atoms with van der Waals surface area (Å²) in [5, 5.41) is 1.69. The highest BCUT2D eigenvalue weighted by atomic mass is 16.8. The van der Waals surface area contributed by atoms with E-state index < -0.39 is 6.16 Å². The van der Waals surface area contributed by atoms with Crippen LogP contribution in [0.15, 0.2) is 0 Å². The van der Waals surface area contributed by atoms with E-state index in [1.54, 1.807) is 5.06 Å². The molecule has 0 aliphatic carbocycles. The second-order valence-electron chi connectivity index (χ2n) is 4.76. The van der Waals surface area contributed by atoms with Gasteiger partial charge in [0.15, 0.2) is 0 Å². The normalized spacial score (nSPS) is 18.0. The van der Waals surface area contributed by atoms with E-state index in [0.717, 1.165) is 38.8 Å². The van der Waals surface area contributed by atoms with Crippen molar-refractivity contribution >= 4 is 6.16 Å². The summed E-state index contributed by atoms with van der Waals surface area (Å²) in [5.41, 5.74) is 0. The molecule has 0 amide bonds. The van der Waals surface area contributed by atoms with Crippen molar-refractivity contribution in [3.63, 3.8) is 0 Å². The van der Waals surface area contributed by atoms with Crippen LogP contribution in [0.4, 0.5) is 4.79 Å². The molecular formula is C13H25NO3. The number of hydroxylamine groups is 2. The molecule has 1 fully saturated rings. The van der Waals surface area contributed by atoms with Crippen molar-refractivity contribution in [1.82, 2.24) is 5.06 Å². The smallest absolute Gasteiger partial charge is 0.430 e. The molecule has 4 heteroatoms.